The third kappa shape index (κ3) is 1.64. The van der Waals surface area contributed by atoms with Gasteiger partial charge in [-0.25, -0.2) is 0 Å². The second kappa shape index (κ2) is 2.93. The van der Waals surface area contributed by atoms with Crippen LogP contribution in [0.4, 0.5) is 0 Å². The average molecular weight is 290 g/mol. The van der Waals surface area contributed by atoms with Gasteiger partial charge in [0.1, 0.15) is 0 Å². The second-order valence-electron chi connectivity index (χ2n) is 1.03. The van der Waals surface area contributed by atoms with Gasteiger partial charge in [-0.1, -0.05) is 0 Å². The summed E-state index contributed by atoms with van der Waals surface area (Å²) in [4.78, 5) is 0. The zero-order valence-corrected chi connectivity index (χ0v) is 9.42. The number of hydrogen-bond donors (Lipinski definition) is 0. The van der Waals surface area contributed by atoms with Gasteiger partial charge in [-0.15, -0.1) is 0 Å². The first kappa shape index (κ1) is 7.42. The van der Waals surface area contributed by atoms with Crippen LogP contribution in [0.3, 0.4) is 0 Å². The van der Waals surface area contributed by atoms with Gasteiger partial charge >= 0.3 is 77.6 Å². The molecule has 0 aromatic carbocycles. The fourth-order valence-electron chi connectivity index (χ4n) is 0.256. The van der Waals surface area contributed by atoms with Gasteiger partial charge in [-0.3, -0.25) is 0 Å². The van der Waals surface area contributed by atoms with Crippen molar-refractivity contribution in [3.8, 4) is 0 Å². The summed E-state index contributed by atoms with van der Waals surface area (Å²) in [6.07, 6.45) is 0. The van der Waals surface area contributed by atoms with E-state index in [9.17, 15) is 0 Å². The zero-order chi connectivity index (χ0) is 6.15. The van der Waals surface area contributed by atoms with E-state index in [1.54, 1.807) is 22.7 Å². The molecule has 5 heteroatoms. The molecule has 1 aromatic rings. The maximum absolute atomic E-state index is 4.92. The van der Waals surface area contributed by atoms with Gasteiger partial charge in [0.05, 0.1) is 0 Å². The Balaban J connectivity index is 3.35. The molecule has 0 nitrogen and oxygen atoms in total. The van der Waals surface area contributed by atoms with Crippen molar-refractivity contribution in [2.45, 2.75) is 0 Å². The van der Waals surface area contributed by atoms with E-state index in [1.807, 2.05) is 0 Å². The van der Waals surface area contributed by atoms with Gasteiger partial charge in [0, 0.05) is 0 Å². The van der Waals surface area contributed by atoms with E-state index >= 15 is 0 Å². The molecule has 0 spiro atoms. The van der Waals surface area contributed by atoms with Crippen LogP contribution in [0, 0.1) is 3.14 Å². The number of hydrogen-bond acceptors (Lipinski definition) is 3. The van der Waals surface area contributed by atoms with E-state index in [0.717, 1.165) is 3.14 Å². The van der Waals surface area contributed by atoms with Crippen molar-refractivity contribution in [1.29, 1.82) is 0 Å². The molecule has 42 valence electrons. The fourth-order valence-corrected chi connectivity index (χ4v) is 5.14. The third-order valence-corrected chi connectivity index (χ3v) is 5.90. The SMILES string of the molecule is S=c1sc([Se])c([Se])s1. The summed E-state index contributed by atoms with van der Waals surface area (Å²) in [5.74, 6) is 0. The molecule has 0 aliphatic rings. The van der Waals surface area contributed by atoms with E-state index in [-0.39, 0.29) is 0 Å². The Morgan fingerprint density at radius 2 is 1.50 bits per heavy atom. The van der Waals surface area contributed by atoms with E-state index < -0.39 is 0 Å². The van der Waals surface area contributed by atoms with Crippen molar-refractivity contribution in [3.05, 3.63) is 3.14 Å². The van der Waals surface area contributed by atoms with E-state index in [2.05, 4.69) is 32.0 Å². The molecule has 1 rings (SSSR count). The molecule has 1 aromatic heterocycles. The molecule has 0 bridgehead atoms. The molecule has 0 aliphatic heterocycles. The van der Waals surface area contributed by atoms with Crippen molar-refractivity contribution in [2.24, 2.45) is 0 Å². The molecular formula is C3S3Se2. The summed E-state index contributed by atoms with van der Waals surface area (Å²) >= 11 is 14.0. The molecular weight excluding hydrogens is 290 g/mol. The first-order chi connectivity index (χ1) is 3.70. The van der Waals surface area contributed by atoms with Crippen LogP contribution in [-0.2, 0) is 0 Å². The molecule has 0 aliphatic carbocycles. The van der Waals surface area contributed by atoms with E-state index in [4.69, 9.17) is 12.2 Å². The normalized spacial score (nSPS) is 9.50. The van der Waals surface area contributed by atoms with E-state index in [1.165, 1.54) is 7.55 Å². The molecule has 2 radical (unpaired) electrons. The zero-order valence-electron chi connectivity index (χ0n) is 3.54. The molecule has 0 fully saturated rings. The molecule has 8 heavy (non-hydrogen) atoms. The summed E-state index contributed by atoms with van der Waals surface area (Å²) < 4.78 is 3.34. The Kier molecular flexibility index (Phi) is 2.72. The summed E-state index contributed by atoms with van der Waals surface area (Å²) in [5.41, 5.74) is 0. The van der Waals surface area contributed by atoms with Gasteiger partial charge < -0.3 is 0 Å². The molecule has 0 amide bonds. The minimum atomic E-state index is 0.979. The maximum atomic E-state index is 4.92. The molecule has 0 atom stereocenters. The Morgan fingerprint density at radius 3 is 1.62 bits per heavy atom. The minimum absolute atomic E-state index is 0.979. The Labute approximate surface area is 77.0 Å². The molecule has 0 saturated heterocycles. The molecule has 1 heterocycles. The van der Waals surface area contributed by atoms with Gasteiger partial charge in [-0.05, 0) is 0 Å². The van der Waals surface area contributed by atoms with Gasteiger partial charge in [-0.2, -0.15) is 0 Å². The second-order valence-corrected chi connectivity index (χ2v) is 7.13. The molecule has 0 N–H and O–H groups in total. The van der Waals surface area contributed by atoms with Crippen LogP contribution < -0.4 is 7.55 Å². The monoisotopic (exact) mass is 292 g/mol. The molecule has 0 unspecified atom stereocenters. The van der Waals surface area contributed by atoms with Crippen LogP contribution in [0.5, 0.6) is 0 Å². The summed E-state index contributed by atoms with van der Waals surface area (Å²) in [6.45, 7) is 0. The quantitative estimate of drug-likeness (QED) is 0.483. The first-order valence-electron chi connectivity index (χ1n) is 1.68. The van der Waals surface area contributed by atoms with Crippen molar-refractivity contribution in [1.82, 2.24) is 0 Å². The third-order valence-electron chi connectivity index (χ3n) is 0.519. The van der Waals surface area contributed by atoms with Crippen LogP contribution in [-0.4, -0.2) is 32.0 Å². The summed E-state index contributed by atoms with van der Waals surface area (Å²) in [6, 6.07) is 0. The first-order valence-corrected chi connectivity index (χ1v) is 5.43. The van der Waals surface area contributed by atoms with Crippen LogP contribution in [0.15, 0.2) is 0 Å². The van der Waals surface area contributed by atoms with Gasteiger partial charge in [0.15, 0.2) is 0 Å². The van der Waals surface area contributed by atoms with Crippen molar-refractivity contribution in [3.63, 3.8) is 0 Å². The number of rotatable bonds is 0. The van der Waals surface area contributed by atoms with Crippen molar-refractivity contribution in [2.75, 3.05) is 0 Å². The van der Waals surface area contributed by atoms with E-state index in [0.29, 0.717) is 0 Å². The topological polar surface area (TPSA) is 0 Å². The average Bonchev–Trinajstić information content (AvgIpc) is 1.85. The van der Waals surface area contributed by atoms with Crippen LogP contribution in [0.2, 0.25) is 0 Å². The van der Waals surface area contributed by atoms with Gasteiger partial charge in [0.2, 0.25) is 0 Å². The predicted octanol–water partition coefficient (Wildman–Crippen LogP) is 0.127. The summed E-state index contributed by atoms with van der Waals surface area (Å²) in [7, 11) is 0. The van der Waals surface area contributed by atoms with Crippen LogP contribution in [0.1, 0.15) is 0 Å². The Hall–Kier alpha value is 1.31. The Bertz CT molecular complexity index is 212. The fraction of sp³-hybridized carbons (Fsp3) is 0. The van der Waals surface area contributed by atoms with Crippen molar-refractivity contribution >= 4 is 74.5 Å². The van der Waals surface area contributed by atoms with Crippen LogP contribution in [0.25, 0.3) is 0 Å². The summed E-state index contributed by atoms with van der Waals surface area (Å²) in [5, 5.41) is 0. The van der Waals surface area contributed by atoms with Gasteiger partial charge in [0.25, 0.3) is 0 Å². The molecule has 0 saturated carbocycles. The Morgan fingerprint density at radius 1 is 1.12 bits per heavy atom. The standard InChI is InChI=1S/C3S3Se2/c4-3-5-1(7)2(8)6-3. The van der Waals surface area contributed by atoms with Crippen LogP contribution >= 0.6 is 34.9 Å². The predicted molar refractivity (Wildman–Crippen MR) is 43.8 cm³/mol. The van der Waals surface area contributed by atoms with Crippen molar-refractivity contribution < 1.29 is 0 Å².